The number of esters is 1. The first-order valence-corrected chi connectivity index (χ1v) is 7.48. The average Bonchev–Trinajstić information content (AvgIpc) is 2.87. The summed E-state index contributed by atoms with van der Waals surface area (Å²) >= 11 is 0. The van der Waals surface area contributed by atoms with E-state index in [2.05, 4.69) is 4.98 Å². The zero-order chi connectivity index (χ0) is 17.1. The molecule has 1 atom stereocenters. The number of nitrogens with zero attached hydrogens (tertiary/aromatic N) is 1. The predicted molar refractivity (Wildman–Crippen MR) is 90.2 cm³/mol. The summed E-state index contributed by atoms with van der Waals surface area (Å²) in [5.41, 5.74) is 3.13. The molecule has 0 aliphatic rings. The Balaban J connectivity index is 2.32. The number of hydrogen-bond acceptors (Lipinski definition) is 4. The van der Waals surface area contributed by atoms with Crippen LogP contribution in [0, 0.1) is 13.8 Å². The molecule has 0 saturated heterocycles. The Labute approximate surface area is 136 Å². The SMILES string of the molecule is COC(=O)c1c(C)[nH]c(C(=O)[C@H](C)N(C)c2ccccc2)c1C. The smallest absolute Gasteiger partial charge is 0.339 e. The van der Waals surface area contributed by atoms with Crippen LogP contribution in [-0.4, -0.2) is 36.9 Å². The number of Topliss-reactive ketones (excluding diaryl/α,β-unsaturated/α-hetero) is 1. The Hall–Kier alpha value is -2.56. The van der Waals surface area contributed by atoms with E-state index in [1.807, 2.05) is 49.2 Å². The molecule has 0 aliphatic carbocycles. The number of methoxy groups -OCH3 is 1. The number of ketones is 1. The highest BCUT2D eigenvalue weighted by Crippen LogP contribution is 2.22. The van der Waals surface area contributed by atoms with E-state index in [9.17, 15) is 9.59 Å². The third-order valence-corrected chi connectivity index (χ3v) is 4.20. The number of ether oxygens (including phenoxy) is 1. The Morgan fingerprint density at radius 3 is 2.35 bits per heavy atom. The summed E-state index contributed by atoms with van der Waals surface area (Å²) in [6.07, 6.45) is 0. The van der Waals surface area contributed by atoms with Crippen LogP contribution in [0.3, 0.4) is 0 Å². The minimum Gasteiger partial charge on any atom is -0.465 e. The molecule has 0 unspecified atom stereocenters. The number of aromatic amines is 1. The lowest BCUT2D eigenvalue weighted by Gasteiger charge is -2.25. The number of benzene rings is 1. The van der Waals surface area contributed by atoms with Crippen LogP contribution in [0.2, 0.25) is 0 Å². The summed E-state index contributed by atoms with van der Waals surface area (Å²) in [5, 5.41) is 0. The minimum atomic E-state index is -0.431. The molecule has 2 rings (SSSR count). The van der Waals surface area contributed by atoms with Gasteiger partial charge in [-0.2, -0.15) is 0 Å². The van der Waals surface area contributed by atoms with Gasteiger partial charge in [0.1, 0.15) is 0 Å². The lowest BCUT2D eigenvalue weighted by Crippen LogP contribution is -2.36. The maximum atomic E-state index is 12.8. The first-order chi connectivity index (χ1) is 10.9. The second-order valence-electron chi connectivity index (χ2n) is 5.60. The lowest BCUT2D eigenvalue weighted by molar-refractivity contribution is 0.0599. The van der Waals surface area contributed by atoms with Gasteiger partial charge in [0.25, 0.3) is 0 Å². The molecule has 0 spiro atoms. The number of likely N-dealkylation sites (N-methyl/N-ethyl adjacent to an activating group) is 1. The van der Waals surface area contributed by atoms with E-state index in [1.54, 1.807) is 13.8 Å². The monoisotopic (exact) mass is 314 g/mol. The molecular weight excluding hydrogens is 292 g/mol. The number of hydrogen-bond donors (Lipinski definition) is 1. The molecule has 5 nitrogen and oxygen atoms in total. The highest BCUT2D eigenvalue weighted by atomic mass is 16.5. The fourth-order valence-corrected chi connectivity index (χ4v) is 2.68. The van der Waals surface area contributed by atoms with Crippen molar-refractivity contribution in [3.63, 3.8) is 0 Å². The number of para-hydroxylation sites is 1. The zero-order valence-electron chi connectivity index (χ0n) is 14.1. The first-order valence-electron chi connectivity index (χ1n) is 7.48. The summed E-state index contributed by atoms with van der Waals surface area (Å²) in [7, 11) is 3.21. The topological polar surface area (TPSA) is 62.4 Å². The molecule has 1 aromatic heterocycles. The summed E-state index contributed by atoms with van der Waals surface area (Å²) < 4.78 is 4.79. The molecule has 0 fully saturated rings. The molecule has 5 heteroatoms. The van der Waals surface area contributed by atoms with Crippen LogP contribution < -0.4 is 4.90 Å². The average molecular weight is 314 g/mol. The van der Waals surface area contributed by atoms with Gasteiger partial charge in [-0.1, -0.05) is 18.2 Å². The van der Waals surface area contributed by atoms with Crippen LogP contribution in [0.4, 0.5) is 5.69 Å². The number of nitrogens with one attached hydrogen (secondary N) is 1. The van der Waals surface area contributed by atoms with Gasteiger partial charge in [0.05, 0.1) is 24.4 Å². The molecule has 0 aliphatic heterocycles. The molecular formula is C18H22N2O3. The van der Waals surface area contributed by atoms with Gasteiger partial charge in [0.2, 0.25) is 5.78 Å². The number of rotatable bonds is 5. The Morgan fingerprint density at radius 1 is 1.17 bits per heavy atom. The zero-order valence-corrected chi connectivity index (χ0v) is 14.1. The van der Waals surface area contributed by atoms with Gasteiger partial charge in [-0.3, -0.25) is 4.79 Å². The van der Waals surface area contributed by atoms with Gasteiger partial charge < -0.3 is 14.6 Å². The number of H-pyrrole nitrogens is 1. The molecule has 0 radical (unpaired) electrons. The summed E-state index contributed by atoms with van der Waals surface area (Å²) in [4.78, 5) is 29.6. The van der Waals surface area contributed by atoms with Gasteiger partial charge >= 0.3 is 5.97 Å². The van der Waals surface area contributed by atoms with E-state index in [0.717, 1.165) is 5.69 Å². The van der Waals surface area contributed by atoms with Crippen LogP contribution >= 0.6 is 0 Å². The van der Waals surface area contributed by atoms with Crippen molar-refractivity contribution in [1.29, 1.82) is 0 Å². The van der Waals surface area contributed by atoms with Crippen molar-refractivity contribution in [2.75, 3.05) is 19.1 Å². The molecule has 2 aromatic rings. The molecule has 1 N–H and O–H groups in total. The van der Waals surface area contributed by atoms with E-state index in [1.165, 1.54) is 7.11 Å². The fraction of sp³-hybridized carbons (Fsp3) is 0.333. The lowest BCUT2D eigenvalue weighted by atomic mass is 10.0. The van der Waals surface area contributed by atoms with Crippen molar-refractivity contribution in [2.45, 2.75) is 26.8 Å². The van der Waals surface area contributed by atoms with Crippen molar-refractivity contribution in [3.8, 4) is 0 Å². The van der Waals surface area contributed by atoms with Gasteiger partial charge in [-0.05, 0) is 38.5 Å². The predicted octanol–water partition coefficient (Wildman–Crippen LogP) is 3.13. The second kappa shape index (κ2) is 6.69. The van der Waals surface area contributed by atoms with Crippen LogP contribution in [0.1, 0.15) is 39.0 Å². The van der Waals surface area contributed by atoms with Crippen molar-refractivity contribution in [3.05, 3.63) is 52.8 Å². The molecule has 1 heterocycles. The van der Waals surface area contributed by atoms with Gasteiger partial charge in [-0.25, -0.2) is 4.79 Å². The molecule has 1 aromatic carbocycles. The molecule has 0 amide bonds. The van der Waals surface area contributed by atoms with E-state index in [4.69, 9.17) is 4.74 Å². The molecule has 0 saturated carbocycles. The van der Waals surface area contributed by atoms with Crippen LogP contribution in [0.15, 0.2) is 30.3 Å². The quantitative estimate of drug-likeness (QED) is 0.680. The van der Waals surface area contributed by atoms with Gasteiger partial charge in [-0.15, -0.1) is 0 Å². The van der Waals surface area contributed by atoms with Crippen LogP contribution in [0.25, 0.3) is 0 Å². The Kier molecular flexibility index (Phi) is 4.89. The summed E-state index contributed by atoms with van der Waals surface area (Å²) in [6, 6.07) is 9.35. The molecule has 0 bridgehead atoms. The minimum absolute atomic E-state index is 0.0629. The molecule has 122 valence electrons. The van der Waals surface area contributed by atoms with E-state index >= 15 is 0 Å². The highest BCUT2D eigenvalue weighted by molar-refractivity contribution is 6.04. The van der Waals surface area contributed by atoms with Crippen molar-refractivity contribution in [2.24, 2.45) is 0 Å². The van der Waals surface area contributed by atoms with Crippen LogP contribution in [-0.2, 0) is 4.74 Å². The number of carbonyl (C=O) groups is 2. The highest BCUT2D eigenvalue weighted by Gasteiger charge is 2.27. The maximum absolute atomic E-state index is 12.8. The van der Waals surface area contributed by atoms with Gasteiger partial charge in [0, 0.05) is 18.4 Å². The van der Waals surface area contributed by atoms with Crippen molar-refractivity contribution >= 4 is 17.4 Å². The summed E-state index contributed by atoms with van der Waals surface area (Å²) in [5.74, 6) is -0.494. The summed E-state index contributed by atoms with van der Waals surface area (Å²) in [6.45, 7) is 5.38. The fourth-order valence-electron chi connectivity index (χ4n) is 2.68. The third-order valence-electron chi connectivity index (χ3n) is 4.20. The second-order valence-corrected chi connectivity index (χ2v) is 5.60. The van der Waals surface area contributed by atoms with Gasteiger partial charge in [0.15, 0.2) is 0 Å². The molecule has 23 heavy (non-hydrogen) atoms. The van der Waals surface area contributed by atoms with Crippen molar-refractivity contribution < 1.29 is 14.3 Å². The largest absolute Gasteiger partial charge is 0.465 e. The van der Waals surface area contributed by atoms with Crippen LogP contribution in [0.5, 0.6) is 0 Å². The number of anilines is 1. The normalized spacial score (nSPS) is 11.9. The standard InChI is InChI=1S/C18H22N2O3/c1-11-15(18(22)23-5)12(2)19-16(11)17(21)13(3)20(4)14-9-7-6-8-10-14/h6-10,13,19H,1-5H3/t13-/m0/s1. The number of carbonyl (C=O) groups excluding carboxylic acids is 2. The van der Waals surface area contributed by atoms with Crippen molar-refractivity contribution in [1.82, 2.24) is 4.98 Å². The Bertz CT molecular complexity index is 719. The maximum Gasteiger partial charge on any atom is 0.339 e. The number of aryl methyl sites for hydroxylation is 1. The Morgan fingerprint density at radius 2 is 1.78 bits per heavy atom. The van der Waals surface area contributed by atoms with E-state index in [-0.39, 0.29) is 11.8 Å². The van der Waals surface area contributed by atoms with E-state index < -0.39 is 5.97 Å². The third kappa shape index (κ3) is 3.13. The number of aromatic nitrogens is 1. The first kappa shape index (κ1) is 16.8. The van der Waals surface area contributed by atoms with E-state index in [0.29, 0.717) is 22.5 Å².